The van der Waals surface area contributed by atoms with E-state index in [1.165, 1.54) is 0 Å². The average Bonchev–Trinajstić information content (AvgIpc) is 3.29. The number of benzene rings is 2. The molecule has 7 nitrogen and oxygen atoms in total. The number of aromatic nitrogens is 3. The van der Waals surface area contributed by atoms with Gasteiger partial charge in [-0.3, -0.25) is 4.79 Å². The third-order valence-electron chi connectivity index (χ3n) is 5.47. The smallest absolute Gasteiger partial charge is 0.254 e. The second-order valence-electron chi connectivity index (χ2n) is 7.36. The molecule has 2 aromatic heterocycles. The number of halogens is 1. The Bertz CT molecular complexity index is 1230. The molecule has 1 aliphatic rings. The SMILES string of the molecule is COc1ccc(-c2ccnc3[nH]c(-c4cccc(C(=O)N5CCOCC5)c4)nc23)cc1.Cl. The van der Waals surface area contributed by atoms with E-state index < -0.39 is 0 Å². The van der Waals surface area contributed by atoms with Crippen molar-refractivity contribution in [3.63, 3.8) is 0 Å². The van der Waals surface area contributed by atoms with Crippen molar-refractivity contribution in [1.29, 1.82) is 0 Å². The Labute approximate surface area is 191 Å². The predicted octanol–water partition coefficient (Wildman–Crippen LogP) is 4.19. The molecule has 2 aromatic carbocycles. The molecule has 8 heteroatoms. The monoisotopic (exact) mass is 450 g/mol. The van der Waals surface area contributed by atoms with Crippen LogP contribution in [0.15, 0.2) is 60.8 Å². The first-order valence-electron chi connectivity index (χ1n) is 10.2. The number of imidazole rings is 1. The number of methoxy groups -OCH3 is 1. The molecular formula is C24H23ClN4O3. The second kappa shape index (κ2) is 9.38. The Balaban J connectivity index is 0.00000245. The summed E-state index contributed by atoms with van der Waals surface area (Å²) in [4.78, 5) is 27.3. The van der Waals surface area contributed by atoms with Gasteiger partial charge in [-0.05, 0) is 35.9 Å². The van der Waals surface area contributed by atoms with E-state index in [9.17, 15) is 4.79 Å². The van der Waals surface area contributed by atoms with Crippen molar-refractivity contribution in [2.75, 3.05) is 33.4 Å². The van der Waals surface area contributed by atoms with Crippen LogP contribution in [0.2, 0.25) is 0 Å². The second-order valence-corrected chi connectivity index (χ2v) is 7.36. The van der Waals surface area contributed by atoms with Gasteiger partial charge in [0.25, 0.3) is 5.91 Å². The van der Waals surface area contributed by atoms with E-state index in [0.29, 0.717) is 43.3 Å². The van der Waals surface area contributed by atoms with E-state index in [-0.39, 0.29) is 18.3 Å². The Morgan fingerprint density at radius 1 is 1.06 bits per heavy atom. The van der Waals surface area contributed by atoms with E-state index in [4.69, 9.17) is 14.5 Å². The van der Waals surface area contributed by atoms with Gasteiger partial charge >= 0.3 is 0 Å². The molecule has 1 aliphatic heterocycles. The fourth-order valence-corrected chi connectivity index (χ4v) is 3.80. The van der Waals surface area contributed by atoms with Crippen LogP contribution in [0, 0.1) is 0 Å². The van der Waals surface area contributed by atoms with Crippen LogP contribution in [-0.2, 0) is 4.74 Å². The van der Waals surface area contributed by atoms with Gasteiger partial charge < -0.3 is 19.4 Å². The first-order chi connectivity index (χ1) is 15.2. The Morgan fingerprint density at radius 3 is 2.59 bits per heavy atom. The number of rotatable bonds is 4. The molecule has 0 unspecified atom stereocenters. The van der Waals surface area contributed by atoms with Crippen LogP contribution in [0.1, 0.15) is 10.4 Å². The summed E-state index contributed by atoms with van der Waals surface area (Å²) < 4.78 is 10.6. The summed E-state index contributed by atoms with van der Waals surface area (Å²) in [6.45, 7) is 2.38. The number of ether oxygens (including phenoxy) is 2. The lowest BCUT2D eigenvalue weighted by atomic mass is 10.1. The number of carbonyl (C=O) groups excluding carboxylic acids is 1. The van der Waals surface area contributed by atoms with Gasteiger partial charge in [0.15, 0.2) is 5.65 Å². The maximum Gasteiger partial charge on any atom is 0.254 e. The number of hydrogen-bond acceptors (Lipinski definition) is 5. The first-order valence-corrected chi connectivity index (χ1v) is 10.2. The van der Waals surface area contributed by atoms with E-state index in [2.05, 4.69) is 9.97 Å². The van der Waals surface area contributed by atoms with Crippen molar-refractivity contribution >= 4 is 29.5 Å². The summed E-state index contributed by atoms with van der Waals surface area (Å²) in [7, 11) is 1.65. The van der Waals surface area contributed by atoms with E-state index >= 15 is 0 Å². The number of nitrogens with one attached hydrogen (secondary N) is 1. The highest BCUT2D eigenvalue weighted by Crippen LogP contribution is 2.30. The van der Waals surface area contributed by atoms with Crippen molar-refractivity contribution in [1.82, 2.24) is 19.9 Å². The van der Waals surface area contributed by atoms with Gasteiger partial charge in [-0.2, -0.15) is 0 Å². The van der Waals surface area contributed by atoms with Gasteiger partial charge in [-0.25, -0.2) is 9.97 Å². The molecule has 3 heterocycles. The molecule has 1 N–H and O–H groups in total. The summed E-state index contributed by atoms with van der Waals surface area (Å²) in [5, 5.41) is 0. The fraction of sp³-hybridized carbons (Fsp3) is 0.208. The molecule has 164 valence electrons. The number of hydrogen-bond donors (Lipinski definition) is 1. The van der Waals surface area contributed by atoms with Gasteiger partial charge in [0, 0.05) is 36.0 Å². The standard InChI is InChI=1S/C24H22N4O3.ClH/c1-30-19-7-5-16(6-8-19)20-9-10-25-23-21(20)26-22(27-23)17-3-2-4-18(15-17)24(29)28-11-13-31-14-12-28;/h2-10,15H,11-14H2,1H3,(H,25,26,27);1H. The van der Waals surface area contributed by atoms with Crippen molar-refractivity contribution in [2.45, 2.75) is 0 Å². The van der Waals surface area contributed by atoms with Crippen LogP contribution in [-0.4, -0.2) is 59.2 Å². The van der Waals surface area contributed by atoms with Gasteiger partial charge in [0.1, 0.15) is 17.1 Å². The summed E-state index contributed by atoms with van der Waals surface area (Å²) in [5.74, 6) is 1.50. The molecule has 32 heavy (non-hydrogen) atoms. The first kappa shape index (κ1) is 21.8. The van der Waals surface area contributed by atoms with Crippen molar-refractivity contribution in [3.8, 4) is 28.3 Å². The van der Waals surface area contributed by atoms with Crippen LogP contribution >= 0.6 is 12.4 Å². The number of fused-ring (bicyclic) bond motifs is 1. The normalized spacial score (nSPS) is 13.6. The van der Waals surface area contributed by atoms with Crippen LogP contribution < -0.4 is 4.74 Å². The minimum absolute atomic E-state index is 0. The molecule has 0 spiro atoms. The highest BCUT2D eigenvalue weighted by molar-refractivity contribution is 5.96. The van der Waals surface area contributed by atoms with E-state index in [1.807, 2.05) is 59.5 Å². The number of pyridine rings is 1. The summed E-state index contributed by atoms with van der Waals surface area (Å²) in [6.07, 6.45) is 1.77. The lowest BCUT2D eigenvalue weighted by Crippen LogP contribution is -2.40. The lowest BCUT2D eigenvalue weighted by molar-refractivity contribution is 0.0303. The maximum absolute atomic E-state index is 12.9. The number of nitrogens with zero attached hydrogens (tertiary/aromatic N) is 3. The lowest BCUT2D eigenvalue weighted by Gasteiger charge is -2.26. The number of morpholine rings is 1. The van der Waals surface area contributed by atoms with Crippen LogP contribution in [0.5, 0.6) is 5.75 Å². The quantitative estimate of drug-likeness (QED) is 0.504. The van der Waals surface area contributed by atoms with Crippen LogP contribution in [0.3, 0.4) is 0 Å². The van der Waals surface area contributed by atoms with Gasteiger partial charge in [0.05, 0.1) is 20.3 Å². The summed E-state index contributed by atoms with van der Waals surface area (Å²) in [5.41, 5.74) is 4.99. The van der Waals surface area contributed by atoms with Gasteiger partial charge in [-0.1, -0.05) is 24.3 Å². The Kier molecular flexibility index (Phi) is 6.39. The number of aromatic amines is 1. The molecule has 5 rings (SSSR count). The van der Waals surface area contributed by atoms with Crippen molar-refractivity contribution < 1.29 is 14.3 Å². The average molecular weight is 451 g/mol. The predicted molar refractivity (Wildman–Crippen MR) is 125 cm³/mol. The maximum atomic E-state index is 12.9. The molecule has 4 aromatic rings. The van der Waals surface area contributed by atoms with Crippen LogP contribution in [0.4, 0.5) is 0 Å². The molecule has 0 saturated carbocycles. The number of amides is 1. The van der Waals surface area contributed by atoms with E-state index in [0.717, 1.165) is 28.0 Å². The molecule has 0 bridgehead atoms. The highest BCUT2D eigenvalue weighted by atomic mass is 35.5. The largest absolute Gasteiger partial charge is 0.497 e. The van der Waals surface area contributed by atoms with Gasteiger partial charge in [0.2, 0.25) is 0 Å². The third-order valence-corrected chi connectivity index (χ3v) is 5.47. The third kappa shape index (κ3) is 4.17. The molecule has 0 atom stereocenters. The zero-order chi connectivity index (χ0) is 21.2. The number of H-pyrrole nitrogens is 1. The van der Waals surface area contributed by atoms with E-state index in [1.54, 1.807) is 13.3 Å². The molecule has 1 amide bonds. The van der Waals surface area contributed by atoms with Crippen LogP contribution in [0.25, 0.3) is 33.7 Å². The Morgan fingerprint density at radius 2 is 1.84 bits per heavy atom. The molecule has 1 saturated heterocycles. The minimum Gasteiger partial charge on any atom is -0.497 e. The molecule has 1 fully saturated rings. The summed E-state index contributed by atoms with van der Waals surface area (Å²) in [6, 6.07) is 17.4. The molecule has 0 aliphatic carbocycles. The summed E-state index contributed by atoms with van der Waals surface area (Å²) >= 11 is 0. The fourth-order valence-electron chi connectivity index (χ4n) is 3.80. The topological polar surface area (TPSA) is 80.3 Å². The Hall–Kier alpha value is -3.42. The van der Waals surface area contributed by atoms with Crippen molar-refractivity contribution in [2.24, 2.45) is 0 Å². The van der Waals surface area contributed by atoms with Gasteiger partial charge in [-0.15, -0.1) is 12.4 Å². The number of carbonyl (C=O) groups is 1. The zero-order valence-electron chi connectivity index (χ0n) is 17.6. The molecule has 0 radical (unpaired) electrons. The minimum atomic E-state index is 0. The molecular weight excluding hydrogens is 428 g/mol. The van der Waals surface area contributed by atoms with Crippen molar-refractivity contribution in [3.05, 3.63) is 66.4 Å². The zero-order valence-corrected chi connectivity index (χ0v) is 18.4. The highest BCUT2D eigenvalue weighted by Gasteiger charge is 2.19.